The summed E-state index contributed by atoms with van der Waals surface area (Å²) in [7, 11) is -4.53. The van der Waals surface area contributed by atoms with Crippen LogP contribution in [-0.2, 0) is 23.4 Å². The van der Waals surface area contributed by atoms with Gasteiger partial charge in [-0.05, 0) is 38.4 Å². The van der Waals surface area contributed by atoms with E-state index in [1.165, 1.54) is 19.1 Å². The van der Waals surface area contributed by atoms with E-state index >= 15 is 4.39 Å². The van der Waals surface area contributed by atoms with E-state index in [0.29, 0.717) is 0 Å². The number of halogens is 1. The number of para-hydroxylation sites is 1. The molecule has 17 nitrogen and oxygen atoms in total. The number of benzene rings is 1. The fourth-order valence-corrected chi connectivity index (χ4v) is 5.42. The first kappa shape index (κ1) is 29.9. The Balaban J connectivity index is 1.64. The lowest BCUT2D eigenvalue weighted by Gasteiger charge is -2.29. The highest BCUT2D eigenvalue weighted by atomic mass is 31.2. The zero-order valence-electron chi connectivity index (χ0n) is 21.9. The van der Waals surface area contributed by atoms with Crippen molar-refractivity contribution in [3.63, 3.8) is 0 Å². The Morgan fingerprint density at radius 3 is 2.78 bits per heavy atom. The normalized spacial score (nSPS) is 24.5. The van der Waals surface area contributed by atoms with E-state index in [-0.39, 0.29) is 22.9 Å². The second-order valence-electron chi connectivity index (χ2n) is 9.22. The van der Waals surface area contributed by atoms with Crippen LogP contribution in [0.5, 0.6) is 5.75 Å². The number of alkyl halides is 1. The number of imidazole rings is 1. The molecule has 1 aromatic carbocycles. The van der Waals surface area contributed by atoms with Crippen LogP contribution in [0.3, 0.4) is 0 Å². The maximum Gasteiger partial charge on any atom is 0.459 e. The highest BCUT2D eigenvalue weighted by Crippen LogP contribution is 2.49. The molecular weight excluding hydrogens is 568 g/mol. The van der Waals surface area contributed by atoms with Gasteiger partial charge >= 0.3 is 13.7 Å². The van der Waals surface area contributed by atoms with Gasteiger partial charge in [-0.3, -0.25) is 23.7 Å². The summed E-state index contributed by atoms with van der Waals surface area (Å²) in [5.41, 5.74) is 11.3. The van der Waals surface area contributed by atoms with Gasteiger partial charge in [0.25, 0.3) is 5.56 Å². The van der Waals surface area contributed by atoms with Gasteiger partial charge in [-0.1, -0.05) is 23.3 Å². The molecule has 3 aromatic rings. The van der Waals surface area contributed by atoms with Gasteiger partial charge in [-0.25, -0.2) is 13.9 Å². The first-order chi connectivity index (χ1) is 19.4. The van der Waals surface area contributed by atoms with Gasteiger partial charge in [-0.15, -0.1) is 0 Å². The molecule has 1 aliphatic heterocycles. The Morgan fingerprint density at radius 2 is 2.12 bits per heavy atom. The first-order valence-corrected chi connectivity index (χ1v) is 13.7. The number of ether oxygens (including phenoxy) is 2. The molecule has 19 heteroatoms. The number of carbonyl (C=O) groups is 1. The molecule has 2 aromatic heterocycles. The first-order valence-electron chi connectivity index (χ1n) is 12.1. The quantitative estimate of drug-likeness (QED) is 0.0818. The fraction of sp³-hybridized carbons (Fsp3) is 0.455. The Morgan fingerprint density at radius 1 is 1.41 bits per heavy atom. The van der Waals surface area contributed by atoms with Crippen LogP contribution in [0.15, 0.2) is 46.6 Å². The van der Waals surface area contributed by atoms with Gasteiger partial charge in [0.2, 0.25) is 11.7 Å². The average Bonchev–Trinajstić information content (AvgIpc) is 3.43. The van der Waals surface area contributed by atoms with Crippen molar-refractivity contribution in [2.75, 3.05) is 12.3 Å². The van der Waals surface area contributed by atoms with Gasteiger partial charge in [-0.2, -0.15) is 10.1 Å². The molecule has 0 saturated carbocycles. The van der Waals surface area contributed by atoms with Crippen molar-refractivity contribution < 1.29 is 37.4 Å². The predicted octanol–water partition coefficient (Wildman–Crippen LogP) is 2.07. The molecule has 0 amide bonds. The SMILES string of the molecule is CC(C)OC(=O)[C@H](C)NP(=O)(OC[C@@]1(N=[N+]=[N-])O[C@@H](n2cnc3c(=O)[nH]c(N)nc32)[C@H](F)[C@@H]1O)Oc1ccccc1. The Hall–Kier alpha value is -4.05. The van der Waals surface area contributed by atoms with Crippen LogP contribution >= 0.6 is 7.75 Å². The summed E-state index contributed by atoms with van der Waals surface area (Å²) in [6.45, 7) is 3.58. The highest BCUT2D eigenvalue weighted by molar-refractivity contribution is 7.52. The van der Waals surface area contributed by atoms with Gasteiger partial charge in [0, 0.05) is 4.91 Å². The van der Waals surface area contributed by atoms with Crippen molar-refractivity contribution in [1.82, 2.24) is 24.6 Å². The number of aromatic amines is 1. The van der Waals surface area contributed by atoms with E-state index < -0.39 is 62.3 Å². The van der Waals surface area contributed by atoms with Gasteiger partial charge in [0.1, 0.15) is 17.9 Å². The summed E-state index contributed by atoms with van der Waals surface area (Å²) in [5, 5.41) is 16.7. The summed E-state index contributed by atoms with van der Waals surface area (Å²) in [6.07, 6.45) is -5.65. The number of nitrogen functional groups attached to an aromatic ring is 1. The topological polar surface area (TPSA) is 242 Å². The third-order valence-corrected chi connectivity index (χ3v) is 7.39. The zero-order chi connectivity index (χ0) is 29.9. The van der Waals surface area contributed by atoms with Crippen molar-refractivity contribution >= 4 is 30.8 Å². The number of aliphatic hydroxyl groups is 1. The van der Waals surface area contributed by atoms with E-state index in [2.05, 4.69) is 30.1 Å². The molecule has 5 N–H and O–H groups in total. The van der Waals surface area contributed by atoms with E-state index in [1.807, 2.05) is 0 Å². The van der Waals surface area contributed by atoms with Crippen LogP contribution in [0.25, 0.3) is 21.6 Å². The molecular formula is C22H27FN9O8P. The second-order valence-corrected chi connectivity index (χ2v) is 10.9. The second kappa shape index (κ2) is 11.8. The highest BCUT2D eigenvalue weighted by Gasteiger charge is 2.57. The fourth-order valence-electron chi connectivity index (χ4n) is 3.91. The smallest absolute Gasteiger partial charge is 0.459 e. The zero-order valence-corrected chi connectivity index (χ0v) is 22.8. The molecule has 0 aliphatic carbocycles. The molecule has 220 valence electrons. The van der Waals surface area contributed by atoms with E-state index in [9.17, 15) is 24.8 Å². The number of aromatic nitrogens is 4. The van der Waals surface area contributed by atoms with Crippen molar-refractivity contribution in [2.24, 2.45) is 5.11 Å². The Labute approximate surface area is 231 Å². The number of carbonyl (C=O) groups excluding carboxylic acids is 1. The van der Waals surface area contributed by atoms with Crippen LogP contribution in [0.1, 0.15) is 27.0 Å². The van der Waals surface area contributed by atoms with E-state index in [4.69, 9.17) is 24.3 Å². The molecule has 4 rings (SSSR count). The summed E-state index contributed by atoms with van der Waals surface area (Å²) >= 11 is 0. The maximum atomic E-state index is 15.5. The van der Waals surface area contributed by atoms with Crippen LogP contribution in [0.4, 0.5) is 10.3 Å². The third kappa shape index (κ3) is 6.32. The monoisotopic (exact) mass is 595 g/mol. The number of hydrogen-bond acceptors (Lipinski definition) is 12. The van der Waals surface area contributed by atoms with Gasteiger partial charge in [0.05, 0.1) is 19.0 Å². The van der Waals surface area contributed by atoms with Crippen molar-refractivity contribution in [3.8, 4) is 5.75 Å². The average molecular weight is 595 g/mol. The number of azide groups is 1. The summed E-state index contributed by atoms with van der Waals surface area (Å²) in [5.74, 6) is -1.00. The number of fused-ring (bicyclic) bond motifs is 1. The molecule has 1 aliphatic rings. The lowest BCUT2D eigenvalue weighted by atomic mass is 10.1. The van der Waals surface area contributed by atoms with E-state index in [0.717, 1.165) is 10.9 Å². The third-order valence-electron chi connectivity index (χ3n) is 5.77. The minimum Gasteiger partial charge on any atom is -0.462 e. The number of nitrogens with zero attached hydrogens (tertiary/aromatic N) is 6. The number of anilines is 1. The number of rotatable bonds is 11. The lowest BCUT2D eigenvalue weighted by molar-refractivity contribution is -0.149. The van der Waals surface area contributed by atoms with Crippen LogP contribution in [0.2, 0.25) is 0 Å². The molecule has 0 spiro atoms. The molecule has 0 bridgehead atoms. The summed E-state index contributed by atoms with van der Waals surface area (Å²) < 4.78 is 52.1. The Bertz CT molecular complexity index is 1560. The molecule has 3 heterocycles. The minimum absolute atomic E-state index is 0.0681. The molecule has 6 atom stereocenters. The Kier molecular flexibility index (Phi) is 8.63. The largest absolute Gasteiger partial charge is 0.462 e. The predicted molar refractivity (Wildman–Crippen MR) is 140 cm³/mol. The van der Waals surface area contributed by atoms with Crippen LogP contribution in [0, 0.1) is 0 Å². The van der Waals surface area contributed by atoms with Crippen molar-refractivity contribution in [1.29, 1.82) is 0 Å². The number of hydrogen-bond donors (Lipinski definition) is 4. The number of nitrogens with one attached hydrogen (secondary N) is 2. The molecule has 41 heavy (non-hydrogen) atoms. The number of H-pyrrole nitrogens is 1. The summed E-state index contributed by atoms with van der Waals surface area (Å²) in [4.78, 5) is 37.2. The van der Waals surface area contributed by atoms with E-state index in [1.54, 1.807) is 32.0 Å². The number of esters is 1. The molecule has 1 saturated heterocycles. The van der Waals surface area contributed by atoms with Crippen LogP contribution in [-0.4, -0.2) is 67.3 Å². The van der Waals surface area contributed by atoms with Crippen molar-refractivity contribution in [3.05, 3.63) is 57.5 Å². The van der Waals surface area contributed by atoms with Crippen LogP contribution < -0.4 is 20.9 Å². The standard InChI is InChI=1S/C22H27FN9O8P/c1-11(2)38-20(35)12(3)29-41(36,40-13-7-5-4-6-8-13)37-9-22(30-31-25)16(33)14(23)19(39-22)32-10-26-15-17(32)27-21(24)28-18(15)34/h4-8,10-12,14,16,19,33H,9H2,1-3H3,(H,29,36)(H3,24,27,28,34)/t12-,14+,16-,19+,22+,41?/m0/s1. The maximum absolute atomic E-state index is 15.5. The lowest BCUT2D eigenvalue weighted by Crippen LogP contribution is -2.45. The minimum atomic E-state index is -4.53. The molecule has 1 fully saturated rings. The van der Waals surface area contributed by atoms with Gasteiger partial charge < -0.3 is 24.8 Å². The number of aliphatic hydroxyl groups excluding tert-OH is 1. The number of nitrogens with two attached hydrogens (primary N) is 1. The van der Waals surface area contributed by atoms with Crippen molar-refractivity contribution in [2.45, 2.75) is 57.1 Å². The van der Waals surface area contributed by atoms with Gasteiger partial charge in [0.15, 0.2) is 23.6 Å². The molecule has 1 unspecified atom stereocenters. The molecule has 0 radical (unpaired) electrons. The summed E-state index contributed by atoms with van der Waals surface area (Å²) in [6, 6.07) is 6.53.